The number of rotatable bonds is 6. The van der Waals surface area contributed by atoms with Crippen LogP contribution >= 0.6 is 0 Å². The van der Waals surface area contributed by atoms with E-state index in [9.17, 15) is 13.2 Å². The molecule has 0 saturated heterocycles. The van der Waals surface area contributed by atoms with Gasteiger partial charge in [-0.3, -0.25) is 4.79 Å². The number of nitrogens with one attached hydrogen (secondary N) is 2. The van der Waals surface area contributed by atoms with Gasteiger partial charge < -0.3 is 5.11 Å². The highest BCUT2D eigenvalue weighted by molar-refractivity contribution is 7.87. The molecule has 0 saturated carbocycles. The third-order valence-corrected chi connectivity index (χ3v) is 3.16. The molecular formula is C10H22N2O4S. The van der Waals surface area contributed by atoms with Gasteiger partial charge in [-0.05, 0) is 11.3 Å². The van der Waals surface area contributed by atoms with E-state index in [2.05, 4.69) is 9.44 Å². The summed E-state index contributed by atoms with van der Waals surface area (Å²) in [5.41, 5.74) is -0.696. The Morgan fingerprint density at radius 1 is 1.29 bits per heavy atom. The Labute approximate surface area is 103 Å². The van der Waals surface area contributed by atoms with Gasteiger partial charge >= 0.3 is 5.97 Å². The molecular weight excluding hydrogens is 244 g/mol. The third kappa shape index (κ3) is 6.60. The van der Waals surface area contributed by atoms with Gasteiger partial charge in [0.2, 0.25) is 0 Å². The maximum Gasteiger partial charge on any atom is 0.322 e. The van der Waals surface area contributed by atoms with E-state index in [-0.39, 0.29) is 12.5 Å². The topological polar surface area (TPSA) is 95.5 Å². The number of hydrogen-bond donors (Lipinski definition) is 3. The first-order valence-corrected chi connectivity index (χ1v) is 6.94. The van der Waals surface area contributed by atoms with Crippen LogP contribution in [-0.2, 0) is 15.0 Å². The summed E-state index contributed by atoms with van der Waals surface area (Å²) in [5.74, 6) is -1.03. The largest absolute Gasteiger partial charge is 0.480 e. The summed E-state index contributed by atoms with van der Waals surface area (Å²) in [6.07, 6.45) is 0. The minimum absolute atomic E-state index is 0.157. The standard InChI is InChI=1S/C10H22N2O4S/c1-7(2)6-11-17(15,16)12-8(9(13)14)10(3,4)5/h7-8,11-12H,6H2,1-5H3,(H,13,14)/t8-/m0/s1. The van der Waals surface area contributed by atoms with E-state index in [0.29, 0.717) is 0 Å². The van der Waals surface area contributed by atoms with E-state index in [1.807, 2.05) is 13.8 Å². The van der Waals surface area contributed by atoms with Crippen molar-refractivity contribution in [2.45, 2.75) is 40.7 Å². The lowest BCUT2D eigenvalue weighted by Gasteiger charge is -2.27. The van der Waals surface area contributed by atoms with Crippen molar-refractivity contribution in [1.29, 1.82) is 0 Å². The van der Waals surface area contributed by atoms with E-state index in [4.69, 9.17) is 5.11 Å². The highest BCUT2D eigenvalue weighted by Crippen LogP contribution is 2.19. The van der Waals surface area contributed by atoms with E-state index in [0.717, 1.165) is 0 Å². The molecule has 0 heterocycles. The van der Waals surface area contributed by atoms with Gasteiger partial charge in [-0.2, -0.15) is 13.1 Å². The summed E-state index contributed by atoms with van der Waals surface area (Å²) in [7, 11) is -3.78. The van der Waals surface area contributed by atoms with Gasteiger partial charge in [0.25, 0.3) is 10.2 Å². The molecule has 0 amide bonds. The highest BCUT2D eigenvalue weighted by Gasteiger charge is 2.34. The Kier molecular flexibility index (Phi) is 5.57. The van der Waals surface area contributed by atoms with Crippen LogP contribution in [0.2, 0.25) is 0 Å². The molecule has 3 N–H and O–H groups in total. The van der Waals surface area contributed by atoms with Crippen LogP contribution in [0.4, 0.5) is 0 Å². The summed E-state index contributed by atoms with van der Waals surface area (Å²) in [5, 5.41) is 8.99. The van der Waals surface area contributed by atoms with Crippen molar-refractivity contribution >= 4 is 16.2 Å². The molecule has 0 unspecified atom stereocenters. The van der Waals surface area contributed by atoms with Crippen LogP contribution in [0.15, 0.2) is 0 Å². The monoisotopic (exact) mass is 266 g/mol. The van der Waals surface area contributed by atoms with Crippen LogP contribution in [0.1, 0.15) is 34.6 Å². The Morgan fingerprint density at radius 2 is 1.76 bits per heavy atom. The molecule has 0 aliphatic heterocycles. The molecule has 0 aliphatic carbocycles. The fourth-order valence-electron chi connectivity index (χ4n) is 1.07. The lowest BCUT2D eigenvalue weighted by molar-refractivity contribution is -0.141. The molecule has 1 atom stereocenters. The minimum atomic E-state index is -3.78. The van der Waals surface area contributed by atoms with Crippen LogP contribution in [0.25, 0.3) is 0 Å². The predicted molar refractivity (Wildman–Crippen MR) is 65.8 cm³/mol. The minimum Gasteiger partial charge on any atom is -0.480 e. The second kappa shape index (κ2) is 5.79. The highest BCUT2D eigenvalue weighted by atomic mass is 32.2. The van der Waals surface area contributed by atoms with Gasteiger partial charge in [0.1, 0.15) is 6.04 Å². The number of aliphatic carboxylic acids is 1. The van der Waals surface area contributed by atoms with Gasteiger partial charge in [-0.25, -0.2) is 4.72 Å². The summed E-state index contributed by atoms with van der Waals surface area (Å²) < 4.78 is 27.7. The van der Waals surface area contributed by atoms with Crippen molar-refractivity contribution in [2.75, 3.05) is 6.54 Å². The zero-order valence-electron chi connectivity index (χ0n) is 10.9. The van der Waals surface area contributed by atoms with E-state index in [1.54, 1.807) is 20.8 Å². The van der Waals surface area contributed by atoms with Crippen molar-refractivity contribution in [3.8, 4) is 0 Å². The SMILES string of the molecule is CC(C)CNS(=O)(=O)N[C@@H](C(=O)O)C(C)(C)C. The second-order valence-corrected chi connectivity index (χ2v) is 7.03. The lowest BCUT2D eigenvalue weighted by Crippen LogP contribution is -2.52. The molecule has 0 radical (unpaired) electrons. The lowest BCUT2D eigenvalue weighted by atomic mass is 9.88. The molecule has 0 aliphatic rings. The van der Waals surface area contributed by atoms with Crippen LogP contribution < -0.4 is 9.44 Å². The number of carboxylic acid groups (broad SMARTS) is 1. The van der Waals surface area contributed by atoms with Crippen LogP contribution in [0.5, 0.6) is 0 Å². The first-order chi connectivity index (χ1) is 7.46. The first-order valence-electron chi connectivity index (χ1n) is 5.45. The molecule has 0 fully saturated rings. The summed E-state index contributed by atoms with van der Waals surface area (Å²) in [6, 6.07) is -1.16. The van der Waals surface area contributed by atoms with E-state index >= 15 is 0 Å². The van der Waals surface area contributed by atoms with Gasteiger partial charge in [-0.1, -0.05) is 34.6 Å². The van der Waals surface area contributed by atoms with Crippen LogP contribution in [0.3, 0.4) is 0 Å². The molecule has 6 nitrogen and oxygen atoms in total. The average Bonchev–Trinajstić information content (AvgIpc) is 2.09. The normalized spacial score (nSPS) is 14.9. The molecule has 0 rings (SSSR count). The zero-order valence-corrected chi connectivity index (χ0v) is 11.8. The molecule has 17 heavy (non-hydrogen) atoms. The number of carboxylic acids is 1. The first kappa shape index (κ1) is 16.3. The van der Waals surface area contributed by atoms with E-state index in [1.165, 1.54) is 0 Å². The quantitative estimate of drug-likeness (QED) is 0.655. The maximum atomic E-state index is 11.6. The maximum absolute atomic E-state index is 11.6. The molecule has 102 valence electrons. The van der Waals surface area contributed by atoms with Crippen molar-refractivity contribution in [3.63, 3.8) is 0 Å². The number of hydrogen-bond acceptors (Lipinski definition) is 3. The fraction of sp³-hybridized carbons (Fsp3) is 0.900. The molecule has 0 spiro atoms. The Bertz CT molecular complexity index is 357. The Morgan fingerprint density at radius 3 is 2.06 bits per heavy atom. The van der Waals surface area contributed by atoms with Gasteiger partial charge in [-0.15, -0.1) is 0 Å². The smallest absolute Gasteiger partial charge is 0.322 e. The van der Waals surface area contributed by atoms with Crippen LogP contribution in [-0.4, -0.2) is 32.1 Å². The molecule has 0 bridgehead atoms. The summed E-state index contributed by atoms with van der Waals surface area (Å²) in [6.45, 7) is 8.98. The van der Waals surface area contributed by atoms with Crippen molar-refractivity contribution in [3.05, 3.63) is 0 Å². The Balaban J connectivity index is 4.72. The summed E-state index contributed by atoms with van der Waals surface area (Å²) >= 11 is 0. The van der Waals surface area contributed by atoms with Gasteiger partial charge in [0.15, 0.2) is 0 Å². The summed E-state index contributed by atoms with van der Waals surface area (Å²) in [4.78, 5) is 11.0. The van der Waals surface area contributed by atoms with Crippen LogP contribution in [0, 0.1) is 11.3 Å². The third-order valence-electron chi connectivity index (χ3n) is 2.07. The molecule has 7 heteroatoms. The average molecular weight is 266 g/mol. The molecule has 0 aromatic carbocycles. The van der Waals surface area contributed by atoms with Gasteiger partial charge in [0.05, 0.1) is 0 Å². The predicted octanol–water partition coefficient (Wildman–Crippen LogP) is 0.566. The zero-order chi connectivity index (χ0) is 13.9. The van der Waals surface area contributed by atoms with Crippen molar-refractivity contribution < 1.29 is 18.3 Å². The van der Waals surface area contributed by atoms with Gasteiger partial charge in [0, 0.05) is 6.54 Å². The van der Waals surface area contributed by atoms with E-state index < -0.39 is 27.6 Å². The molecule has 0 aromatic rings. The number of carbonyl (C=O) groups is 1. The van der Waals surface area contributed by atoms with Crippen molar-refractivity contribution in [1.82, 2.24) is 9.44 Å². The van der Waals surface area contributed by atoms with Crippen molar-refractivity contribution in [2.24, 2.45) is 11.3 Å². The molecule has 0 aromatic heterocycles. The fourth-order valence-corrected chi connectivity index (χ4v) is 2.47. The second-order valence-electron chi connectivity index (χ2n) is 5.50. The Hall–Kier alpha value is -0.660.